The number of aryl methyl sites for hydroxylation is 3. The SMILES string of the molecule is Cc1ccc(C)c2c(C)c(C(=O)N3CCCC(N4CCNCC4=O)C3)oc12.Cl. The quantitative estimate of drug-likeness (QED) is 0.834. The van der Waals surface area contributed by atoms with Gasteiger partial charge in [-0.1, -0.05) is 12.1 Å². The minimum Gasteiger partial charge on any atom is -0.450 e. The highest BCUT2D eigenvalue weighted by Gasteiger charge is 2.33. The van der Waals surface area contributed by atoms with Gasteiger partial charge in [0.15, 0.2) is 5.76 Å². The summed E-state index contributed by atoms with van der Waals surface area (Å²) in [6.45, 7) is 9.24. The first-order chi connectivity index (χ1) is 13.0. The third-order valence-electron chi connectivity index (χ3n) is 5.93. The first-order valence-corrected chi connectivity index (χ1v) is 9.76. The molecule has 152 valence electrons. The van der Waals surface area contributed by atoms with Gasteiger partial charge in [-0.25, -0.2) is 0 Å². The van der Waals surface area contributed by atoms with E-state index in [-0.39, 0.29) is 30.3 Å². The van der Waals surface area contributed by atoms with Crippen molar-refractivity contribution < 1.29 is 14.0 Å². The maximum atomic E-state index is 13.2. The number of likely N-dealkylation sites (tertiary alicyclic amines) is 1. The summed E-state index contributed by atoms with van der Waals surface area (Å²) < 4.78 is 6.05. The molecule has 1 unspecified atom stereocenters. The average molecular weight is 406 g/mol. The van der Waals surface area contributed by atoms with Crippen molar-refractivity contribution >= 4 is 35.2 Å². The molecule has 4 rings (SSSR count). The molecule has 6 nitrogen and oxygen atoms in total. The van der Waals surface area contributed by atoms with Crippen molar-refractivity contribution in [1.82, 2.24) is 15.1 Å². The van der Waals surface area contributed by atoms with Crippen LogP contribution >= 0.6 is 12.4 Å². The Labute approximate surface area is 171 Å². The Morgan fingerprint density at radius 2 is 1.93 bits per heavy atom. The van der Waals surface area contributed by atoms with Gasteiger partial charge in [-0.05, 0) is 44.7 Å². The summed E-state index contributed by atoms with van der Waals surface area (Å²) >= 11 is 0. The first kappa shape index (κ1) is 20.7. The van der Waals surface area contributed by atoms with E-state index in [9.17, 15) is 9.59 Å². The Hall–Kier alpha value is -2.05. The second-order valence-electron chi connectivity index (χ2n) is 7.77. The van der Waals surface area contributed by atoms with E-state index in [4.69, 9.17) is 4.42 Å². The lowest BCUT2D eigenvalue weighted by atomic mass is 10.0. The predicted octanol–water partition coefficient (Wildman–Crippen LogP) is 2.82. The van der Waals surface area contributed by atoms with E-state index in [1.54, 1.807) is 0 Å². The molecule has 7 heteroatoms. The van der Waals surface area contributed by atoms with E-state index in [2.05, 4.69) is 11.4 Å². The molecule has 2 amide bonds. The van der Waals surface area contributed by atoms with Gasteiger partial charge in [0.05, 0.1) is 6.54 Å². The van der Waals surface area contributed by atoms with Crippen LogP contribution < -0.4 is 5.32 Å². The molecule has 2 aliphatic heterocycles. The third kappa shape index (κ3) is 3.51. The number of rotatable bonds is 2. The van der Waals surface area contributed by atoms with Crippen LogP contribution in [-0.4, -0.2) is 60.4 Å². The van der Waals surface area contributed by atoms with Gasteiger partial charge in [0.25, 0.3) is 5.91 Å². The second kappa shape index (κ2) is 8.13. The number of piperidine rings is 1. The summed E-state index contributed by atoms with van der Waals surface area (Å²) in [7, 11) is 0. The zero-order valence-corrected chi connectivity index (χ0v) is 17.5. The molecule has 0 aliphatic carbocycles. The molecule has 28 heavy (non-hydrogen) atoms. The molecule has 1 atom stereocenters. The number of nitrogens with zero attached hydrogens (tertiary/aromatic N) is 2. The van der Waals surface area contributed by atoms with Crippen molar-refractivity contribution in [2.45, 2.75) is 39.7 Å². The van der Waals surface area contributed by atoms with Gasteiger partial charge in [0.1, 0.15) is 5.58 Å². The summed E-state index contributed by atoms with van der Waals surface area (Å²) in [6, 6.07) is 4.20. The van der Waals surface area contributed by atoms with Crippen molar-refractivity contribution in [2.75, 3.05) is 32.7 Å². The predicted molar refractivity (Wildman–Crippen MR) is 111 cm³/mol. The molecule has 2 saturated heterocycles. The van der Waals surface area contributed by atoms with Crippen LogP contribution in [0.25, 0.3) is 11.0 Å². The van der Waals surface area contributed by atoms with Gasteiger partial charge in [-0.15, -0.1) is 12.4 Å². The Morgan fingerprint density at radius 3 is 2.64 bits per heavy atom. The van der Waals surface area contributed by atoms with Crippen LogP contribution in [0, 0.1) is 20.8 Å². The molecular formula is C21H28ClN3O3. The van der Waals surface area contributed by atoms with E-state index >= 15 is 0 Å². The Bertz CT molecular complexity index is 908. The summed E-state index contributed by atoms with van der Waals surface area (Å²) in [5, 5.41) is 4.16. The highest BCUT2D eigenvalue weighted by molar-refractivity contribution is 6.00. The van der Waals surface area contributed by atoms with Gasteiger partial charge < -0.3 is 19.5 Å². The van der Waals surface area contributed by atoms with Crippen molar-refractivity contribution in [3.63, 3.8) is 0 Å². The van der Waals surface area contributed by atoms with Crippen LogP contribution in [0.4, 0.5) is 0 Å². The number of piperazine rings is 1. The van der Waals surface area contributed by atoms with Gasteiger partial charge in [0.2, 0.25) is 5.91 Å². The average Bonchev–Trinajstić information content (AvgIpc) is 3.03. The monoisotopic (exact) mass is 405 g/mol. The summed E-state index contributed by atoms with van der Waals surface area (Å²) in [5.74, 6) is 0.510. The number of amides is 2. The van der Waals surface area contributed by atoms with Crippen LogP contribution in [0.5, 0.6) is 0 Å². The molecule has 0 spiro atoms. The molecule has 0 bridgehead atoms. The highest BCUT2D eigenvalue weighted by atomic mass is 35.5. The van der Waals surface area contributed by atoms with Crippen molar-refractivity contribution in [1.29, 1.82) is 0 Å². The molecule has 2 fully saturated rings. The number of benzene rings is 1. The number of nitrogens with one attached hydrogen (secondary N) is 1. The third-order valence-corrected chi connectivity index (χ3v) is 5.93. The Kier molecular flexibility index (Phi) is 6.01. The molecule has 1 aromatic heterocycles. The number of hydrogen-bond acceptors (Lipinski definition) is 4. The Morgan fingerprint density at radius 1 is 1.18 bits per heavy atom. The molecule has 1 N–H and O–H groups in total. The summed E-state index contributed by atoms with van der Waals surface area (Å²) in [5.41, 5.74) is 3.89. The normalized spacial score (nSPS) is 20.4. The zero-order chi connectivity index (χ0) is 19.1. The minimum absolute atomic E-state index is 0. The number of carbonyl (C=O) groups excluding carboxylic acids is 2. The number of hydrogen-bond donors (Lipinski definition) is 1. The fourth-order valence-corrected chi connectivity index (χ4v) is 4.42. The zero-order valence-electron chi connectivity index (χ0n) is 16.7. The molecule has 0 radical (unpaired) electrons. The topological polar surface area (TPSA) is 65.8 Å². The van der Waals surface area contributed by atoms with Crippen molar-refractivity contribution in [3.05, 3.63) is 34.6 Å². The van der Waals surface area contributed by atoms with Crippen LogP contribution in [-0.2, 0) is 4.79 Å². The van der Waals surface area contributed by atoms with Crippen LogP contribution in [0.15, 0.2) is 16.5 Å². The number of fused-ring (bicyclic) bond motifs is 1. The van der Waals surface area contributed by atoms with E-state index in [0.29, 0.717) is 31.9 Å². The maximum absolute atomic E-state index is 13.2. The smallest absolute Gasteiger partial charge is 0.289 e. The lowest BCUT2D eigenvalue weighted by Crippen LogP contribution is -2.57. The summed E-state index contributed by atoms with van der Waals surface area (Å²) in [6.07, 6.45) is 1.86. The van der Waals surface area contributed by atoms with Gasteiger partial charge >= 0.3 is 0 Å². The fraction of sp³-hybridized carbons (Fsp3) is 0.524. The largest absolute Gasteiger partial charge is 0.450 e. The van der Waals surface area contributed by atoms with E-state index in [1.165, 1.54) is 0 Å². The lowest BCUT2D eigenvalue weighted by molar-refractivity contribution is -0.135. The number of carbonyl (C=O) groups is 2. The van der Waals surface area contributed by atoms with E-state index < -0.39 is 0 Å². The molecule has 3 heterocycles. The van der Waals surface area contributed by atoms with Crippen LogP contribution in [0.3, 0.4) is 0 Å². The number of halogens is 1. The second-order valence-corrected chi connectivity index (χ2v) is 7.77. The first-order valence-electron chi connectivity index (χ1n) is 9.76. The minimum atomic E-state index is -0.0604. The van der Waals surface area contributed by atoms with E-state index in [1.807, 2.05) is 36.6 Å². The standard InChI is InChI=1S/C21H27N3O3.ClH/c1-13-6-7-14(2)19-18(13)15(3)20(27-19)21(26)23-9-4-5-16(12-23)24-10-8-22-11-17(24)25;/h6-7,16,22H,4-5,8-12H2,1-3H3;1H. The molecule has 2 aliphatic rings. The lowest BCUT2D eigenvalue weighted by Gasteiger charge is -2.40. The Balaban J connectivity index is 0.00000225. The summed E-state index contributed by atoms with van der Waals surface area (Å²) in [4.78, 5) is 29.3. The van der Waals surface area contributed by atoms with Gasteiger partial charge in [-0.3, -0.25) is 9.59 Å². The molecular weight excluding hydrogens is 378 g/mol. The maximum Gasteiger partial charge on any atom is 0.289 e. The molecule has 1 aromatic carbocycles. The van der Waals surface area contributed by atoms with E-state index in [0.717, 1.165) is 47.0 Å². The van der Waals surface area contributed by atoms with Crippen LogP contribution in [0.1, 0.15) is 40.1 Å². The number of furan rings is 1. The van der Waals surface area contributed by atoms with Gasteiger partial charge in [0, 0.05) is 43.2 Å². The van der Waals surface area contributed by atoms with Crippen molar-refractivity contribution in [3.8, 4) is 0 Å². The highest BCUT2D eigenvalue weighted by Crippen LogP contribution is 2.32. The fourth-order valence-electron chi connectivity index (χ4n) is 4.42. The van der Waals surface area contributed by atoms with Crippen molar-refractivity contribution in [2.24, 2.45) is 0 Å². The molecule has 2 aromatic rings. The molecule has 0 saturated carbocycles. The van der Waals surface area contributed by atoms with Crippen LogP contribution in [0.2, 0.25) is 0 Å². The van der Waals surface area contributed by atoms with Gasteiger partial charge in [-0.2, -0.15) is 0 Å².